The third-order valence-corrected chi connectivity index (χ3v) is 2.88. The highest BCUT2D eigenvalue weighted by Crippen LogP contribution is 2.14. The van der Waals surface area contributed by atoms with Gasteiger partial charge in [-0.15, -0.1) is 0 Å². The number of nitrogens with two attached hydrogens (primary N) is 1. The zero-order valence-electron chi connectivity index (χ0n) is 8.52. The van der Waals surface area contributed by atoms with Crippen molar-refractivity contribution in [3.8, 4) is 0 Å². The van der Waals surface area contributed by atoms with Crippen LogP contribution in [0.2, 0.25) is 0 Å². The number of benzene rings is 1. The van der Waals surface area contributed by atoms with Crippen LogP contribution >= 0.6 is 0 Å². The predicted molar refractivity (Wildman–Crippen MR) is 59.0 cm³/mol. The van der Waals surface area contributed by atoms with Crippen molar-refractivity contribution in [3.05, 3.63) is 35.9 Å². The number of likely N-dealkylation sites (tertiary alicyclic amines) is 1. The third kappa shape index (κ3) is 2.34. The molecule has 1 aromatic carbocycles. The van der Waals surface area contributed by atoms with Crippen molar-refractivity contribution in [2.75, 3.05) is 19.6 Å². The molecule has 1 saturated heterocycles. The maximum atomic E-state index is 6.13. The summed E-state index contributed by atoms with van der Waals surface area (Å²) in [5, 5.41) is 0. The molecule has 2 rings (SSSR count). The van der Waals surface area contributed by atoms with Gasteiger partial charge in [-0.3, -0.25) is 0 Å². The molecule has 0 bridgehead atoms. The van der Waals surface area contributed by atoms with Crippen LogP contribution in [0.5, 0.6) is 0 Å². The molecule has 0 saturated carbocycles. The molecule has 0 amide bonds. The molecule has 1 unspecified atom stereocenters. The first kappa shape index (κ1) is 9.69. The second-order valence-corrected chi connectivity index (χ2v) is 4.02. The van der Waals surface area contributed by atoms with Crippen molar-refractivity contribution >= 4 is 0 Å². The highest BCUT2D eigenvalue weighted by Gasteiger charge is 2.15. The molecule has 2 heteroatoms. The van der Waals surface area contributed by atoms with Crippen molar-refractivity contribution in [1.29, 1.82) is 0 Å². The van der Waals surface area contributed by atoms with Gasteiger partial charge < -0.3 is 10.6 Å². The highest BCUT2D eigenvalue weighted by atomic mass is 15.4. The summed E-state index contributed by atoms with van der Waals surface area (Å²) in [5.74, 6) is 0. The molecular formula is C12H18N2. The minimum atomic E-state index is 0.175. The Morgan fingerprint density at radius 1 is 1.14 bits per heavy atom. The molecule has 1 heterocycles. The van der Waals surface area contributed by atoms with E-state index < -0.39 is 0 Å². The van der Waals surface area contributed by atoms with E-state index in [1.54, 1.807) is 0 Å². The van der Waals surface area contributed by atoms with Crippen molar-refractivity contribution < 1.29 is 0 Å². The van der Waals surface area contributed by atoms with Crippen molar-refractivity contribution in [2.45, 2.75) is 18.9 Å². The summed E-state index contributed by atoms with van der Waals surface area (Å²) < 4.78 is 0. The average Bonchev–Trinajstić information content (AvgIpc) is 2.72. The maximum absolute atomic E-state index is 6.13. The summed E-state index contributed by atoms with van der Waals surface area (Å²) in [4.78, 5) is 2.46. The normalized spacial score (nSPS) is 19.8. The second-order valence-electron chi connectivity index (χ2n) is 4.02. The van der Waals surface area contributed by atoms with Gasteiger partial charge in [0.15, 0.2) is 0 Å². The van der Waals surface area contributed by atoms with Gasteiger partial charge in [0.2, 0.25) is 0 Å². The fourth-order valence-corrected chi connectivity index (χ4v) is 2.05. The van der Waals surface area contributed by atoms with E-state index >= 15 is 0 Å². The summed E-state index contributed by atoms with van der Waals surface area (Å²) in [6.45, 7) is 3.45. The van der Waals surface area contributed by atoms with Gasteiger partial charge in [0.25, 0.3) is 0 Å². The molecule has 2 nitrogen and oxygen atoms in total. The van der Waals surface area contributed by atoms with Crippen LogP contribution < -0.4 is 5.73 Å². The first-order valence-electron chi connectivity index (χ1n) is 5.39. The van der Waals surface area contributed by atoms with Crippen LogP contribution in [0.3, 0.4) is 0 Å². The summed E-state index contributed by atoms with van der Waals surface area (Å²) in [6.07, 6.45) is 2.67. The molecule has 2 N–H and O–H groups in total. The van der Waals surface area contributed by atoms with E-state index in [2.05, 4.69) is 29.2 Å². The lowest BCUT2D eigenvalue weighted by atomic mass is 10.1. The zero-order chi connectivity index (χ0) is 9.80. The monoisotopic (exact) mass is 191 g/mol. The SMILES string of the molecule is [15NH2]C(CN1CCCC1)c1ccccc1. The van der Waals surface area contributed by atoms with E-state index in [0.29, 0.717) is 0 Å². The molecule has 1 aromatic rings. The minimum absolute atomic E-state index is 0.175. The van der Waals surface area contributed by atoms with Gasteiger partial charge in [0, 0.05) is 12.6 Å². The minimum Gasteiger partial charge on any atom is -0.323 e. The average molecular weight is 191 g/mol. The van der Waals surface area contributed by atoms with Gasteiger partial charge in [0.05, 0.1) is 0 Å². The molecular weight excluding hydrogens is 173 g/mol. The summed E-state index contributed by atoms with van der Waals surface area (Å²) in [6, 6.07) is 10.5. The van der Waals surface area contributed by atoms with Crippen LogP contribution in [0.15, 0.2) is 30.3 Å². The molecule has 14 heavy (non-hydrogen) atoms. The van der Waals surface area contributed by atoms with Crippen LogP contribution in [0.25, 0.3) is 0 Å². The topological polar surface area (TPSA) is 29.3 Å². The predicted octanol–water partition coefficient (Wildman–Crippen LogP) is 1.78. The summed E-state index contributed by atoms with van der Waals surface area (Å²) in [5.41, 5.74) is 7.38. The smallest absolute Gasteiger partial charge is 0.0424 e. The molecule has 1 atom stereocenters. The Balaban J connectivity index is 1.92. The van der Waals surface area contributed by atoms with E-state index in [0.717, 1.165) is 6.54 Å². The first-order chi connectivity index (χ1) is 6.86. The van der Waals surface area contributed by atoms with Crippen LogP contribution in [0.1, 0.15) is 24.4 Å². The molecule has 1 fully saturated rings. The molecule has 0 aromatic heterocycles. The van der Waals surface area contributed by atoms with E-state index in [4.69, 9.17) is 5.73 Å². The Kier molecular flexibility index (Phi) is 3.17. The molecule has 0 spiro atoms. The fraction of sp³-hybridized carbons (Fsp3) is 0.500. The van der Waals surface area contributed by atoms with Gasteiger partial charge >= 0.3 is 0 Å². The van der Waals surface area contributed by atoms with E-state index in [1.807, 2.05) is 6.07 Å². The highest BCUT2D eigenvalue weighted by molar-refractivity contribution is 5.18. The maximum Gasteiger partial charge on any atom is 0.0424 e. The third-order valence-electron chi connectivity index (χ3n) is 2.88. The Morgan fingerprint density at radius 3 is 2.43 bits per heavy atom. The number of hydrogen-bond acceptors (Lipinski definition) is 2. The van der Waals surface area contributed by atoms with Gasteiger partial charge in [-0.1, -0.05) is 30.3 Å². The lowest BCUT2D eigenvalue weighted by Gasteiger charge is -2.20. The molecule has 76 valence electrons. The largest absolute Gasteiger partial charge is 0.323 e. The number of nitrogens with zero attached hydrogens (tertiary/aromatic N) is 1. The van der Waals surface area contributed by atoms with E-state index in [1.165, 1.54) is 31.5 Å². The Morgan fingerprint density at radius 2 is 1.79 bits per heavy atom. The summed E-state index contributed by atoms with van der Waals surface area (Å²) in [7, 11) is 0. The van der Waals surface area contributed by atoms with Crippen LogP contribution in [-0.4, -0.2) is 24.5 Å². The van der Waals surface area contributed by atoms with Crippen molar-refractivity contribution in [3.63, 3.8) is 0 Å². The number of hydrogen-bond donors (Lipinski definition) is 1. The van der Waals surface area contributed by atoms with Crippen LogP contribution in [0, 0.1) is 0 Å². The van der Waals surface area contributed by atoms with Gasteiger partial charge in [-0.2, -0.15) is 0 Å². The van der Waals surface area contributed by atoms with Gasteiger partial charge in [0.1, 0.15) is 0 Å². The van der Waals surface area contributed by atoms with E-state index in [9.17, 15) is 0 Å². The second kappa shape index (κ2) is 4.58. The van der Waals surface area contributed by atoms with Crippen molar-refractivity contribution in [2.24, 2.45) is 5.73 Å². The summed E-state index contributed by atoms with van der Waals surface area (Å²) >= 11 is 0. The zero-order valence-corrected chi connectivity index (χ0v) is 8.52. The van der Waals surface area contributed by atoms with Crippen LogP contribution in [0.4, 0.5) is 0 Å². The van der Waals surface area contributed by atoms with Gasteiger partial charge in [-0.05, 0) is 31.5 Å². The molecule has 0 aliphatic carbocycles. The molecule has 1 aliphatic rings. The lowest BCUT2D eigenvalue weighted by molar-refractivity contribution is 0.316. The number of rotatable bonds is 3. The lowest BCUT2D eigenvalue weighted by Crippen LogP contribution is -2.29. The van der Waals surface area contributed by atoms with Crippen LogP contribution in [-0.2, 0) is 0 Å². The fourth-order valence-electron chi connectivity index (χ4n) is 2.05. The quantitative estimate of drug-likeness (QED) is 0.738. The molecule has 1 aliphatic heterocycles. The first-order valence-corrected chi connectivity index (χ1v) is 5.39. The Bertz CT molecular complexity index is 265. The Labute approximate surface area is 85.7 Å². The van der Waals surface area contributed by atoms with Crippen molar-refractivity contribution in [1.82, 2.24) is 4.90 Å². The van der Waals surface area contributed by atoms with Gasteiger partial charge in [-0.25, -0.2) is 0 Å². The Hall–Kier alpha value is -0.860. The molecule has 0 radical (unpaired) electrons. The standard InChI is InChI=1S/C12H18N2/c13-12(10-14-8-4-5-9-14)11-6-2-1-3-7-11/h1-3,6-7,12H,4-5,8-10,13H2/i13+1. The van der Waals surface area contributed by atoms with E-state index in [-0.39, 0.29) is 6.04 Å².